The van der Waals surface area contributed by atoms with E-state index in [9.17, 15) is 110 Å². The molecule has 0 saturated heterocycles. The lowest BCUT2D eigenvalue weighted by Gasteiger charge is -2.46. The molecule has 0 fully saturated rings. The standard InChI is InChI=1S/C32H12BF24.C18H22NO/c34-25(35,36)13-1-14(26(37,38)39)6-21(5-13)33(22-7-15(27(40,41)42)2-16(8-22)28(43,44)45,23-9-17(29(46,47)48)3-18(10-23)30(49,50)51)24-11-19(31(52,53)54)4-20(12-24)32(55,56)57;1-2-3-5-10-18(20)17-11-13-19(14-12-17)15-16-8-6-4-7-9-16/h1-12H;4,6-9,11-14H,2-3,5,10,15H2,1H3/q-1;+1. The molecular weight excluding hydrogens is 1100 g/mol. The van der Waals surface area contributed by atoms with Crippen LogP contribution in [0.25, 0.3) is 0 Å². The van der Waals surface area contributed by atoms with Gasteiger partial charge in [0.25, 0.3) is 0 Å². The van der Waals surface area contributed by atoms with Gasteiger partial charge in [-0.25, -0.2) is 4.57 Å². The number of ketones is 1. The summed E-state index contributed by atoms with van der Waals surface area (Å²) in [5.41, 5.74) is -28.1. The number of halogens is 24. The number of carbonyl (C=O) groups excluding carboxylic acids is 1. The van der Waals surface area contributed by atoms with Crippen molar-refractivity contribution in [3.63, 3.8) is 0 Å². The Kier molecular flexibility index (Phi) is 17.5. The number of rotatable bonds is 11. The maximum absolute atomic E-state index is 14.2. The van der Waals surface area contributed by atoms with Crippen LogP contribution in [0.2, 0.25) is 0 Å². The van der Waals surface area contributed by atoms with E-state index >= 15 is 0 Å². The molecule has 0 radical (unpaired) electrons. The van der Waals surface area contributed by atoms with E-state index in [-0.39, 0.29) is 5.78 Å². The molecule has 0 N–H and O–H groups in total. The summed E-state index contributed by atoms with van der Waals surface area (Å²) in [5, 5.41) is 0. The highest BCUT2D eigenvalue weighted by atomic mass is 19.4. The number of alkyl halides is 24. The van der Waals surface area contributed by atoms with Crippen molar-refractivity contribution >= 4 is 33.8 Å². The zero-order valence-corrected chi connectivity index (χ0v) is 38.7. The van der Waals surface area contributed by atoms with E-state index in [0.717, 1.165) is 31.4 Å². The molecule has 2 nitrogen and oxygen atoms in total. The number of hydrogen-bond acceptors (Lipinski definition) is 1. The lowest BCUT2D eigenvalue weighted by Crippen LogP contribution is -2.75. The Morgan fingerprint density at radius 1 is 0.377 bits per heavy atom. The molecule has 0 unspecified atom stereocenters. The average molecular weight is 1130 g/mol. The third-order valence-corrected chi connectivity index (χ3v) is 11.9. The summed E-state index contributed by atoms with van der Waals surface area (Å²) < 4.78 is 343. The Morgan fingerprint density at radius 2 is 0.636 bits per heavy atom. The van der Waals surface area contributed by atoms with E-state index in [0.29, 0.717) is 6.42 Å². The highest BCUT2D eigenvalue weighted by Crippen LogP contribution is 2.41. The number of carbonyl (C=O) groups is 1. The van der Waals surface area contributed by atoms with Crippen molar-refractivity contribution in [2.24, 2.45) is 0 Å². The molecule has 0 bridgehead atoms. The molecule has 0 amide bonds. The predicted octanol–water partition coefficient (Wildman–Crippen LogP) is 15.0. The van der Waals surface area contributed by atoms with Crippen molar-refractivity contribution in [1.29, 1.82) is 0 Å². The van der Waals surface area contributed by atoms with Crippen LogP contribution in [0.3, 0.4) is 0 Å². The van der Waals surface area contributed by atoms with Crippen LogP contribution in [0.1, 0.15) is 93.0 Å². The summed E-state index contributed by atoms with van der Waals surface area (Å²) in [6.45, 7) is 2.99. The quantitative estimate of drug-likeness (QED) is 0.0416. The van der Waals surface area contributed by atoms with E-state index in [1.807, 2.05) is 42.7 Å². The summed E-state index contributed by atoms with van der Waals surface area (Å²) in [6.07, 6.45) is -46.9. The lowest BCUT2D eigenvalue weighted by atomic mass is 9.12. The van der Waals surface area contributed by atoms with Crippen LogP contribution < -0.4 is 26.4 Å². The van der Waals surface area contributed by atoms with Crippen molar-refractivity contribution in [3.8, 4) is 0 Å². The molecule has 6 aromatic rings. The van der Waals surface area contributed by atoms with Gasteiger partial charge in [0.1, 0.15) is 6.15 Å². The van der Waals surface area contributed by atoms with Crippen LogP contribution in [-0.2, 0) is 56.0 Å². The summed E-state index contributed by atoms with van der Waals surface area (Å²) >= 11 is 0. The molecule has 416 valence electrons. The summed E-state index contributed by atoms with van der Waals surface area (Å²) in [6, 6.07) is 5.37. The lowest BCUT2D eigenvalue weighted by molar-refractivity contribution is -0.688. The fourth-order valence-corrected chi connectivity index (χ4v) is 8.29. The third-order valence-electron chi connectivity index (χ3n) is 11.9. The van der Waals surface area contributed by atoms with E-state index in [4.69, 9.17) is 0 Å². The number of Topliss-reactive ketones (excluding diaryl/α,β-unsaturated/α-hetero) is 1. The van der Waals surface area contributed by atoms with Gasteiger partial charge in [-0.05, 0) is 30.7 Å². The van der Waals surface area contributed by atoms with Gasteiger partial charge in [0, 0.05) is 29.7 Å². The molecule has 6 rings (SSSR count). The third kappa shape index (κ3) is 15.1. The van der Waals surface area contributed by atoms with Crippen LogP contribution in [0.5, 0.6) is 0 Å². The minimum atomic E-state index is -6.13. The zero-order valence-electron chi connectivity index (χ0n) is 38.7. The van der Waals surface area contributed by atoms with Crippen molar-refractivity contribution in [1.82, 2.24) is 0 Å². The second-order valence-corrected chi connectivity index (χ2v) is 17.3. The topological polar surface area (TPSA) is 20.9 Å². The zero-order chi connectivity index (χ0) is 58.1. The normalized spacial score (nSPS) is 13.3. The van der Waals surface area contributed by atoms with E-state index in [1.165, 1.54) is 5.56 Å². The summed E-state index contributed by atoms with van der Waals surface area (Å²) in [4.78, 5) is 12.0. The van der Waals surface area contributed by atoms with Gasteiger partial charge in [-0.15, -0.1) is 0 Å². The van der Waals surface area contributed by atoms with Crippen LogP contribution in [0.4, 0.5) is 105 Å². The van der Waals surface area contributed by atoms with Gasteiger partial charge in [-0.1, -0.05) is 98.6 Å². The Balaban J connectivity index is 0.000000455. The highest BCUT2D eigenvalue weighted by Gasteiger charge is 2.47. The first-order chi connectivity index (χ1) is 35.1. The van der Waals surface area contributed by atoms with Gasteiger partial charge in [0.05, 0.1) is 44.5 Å². The molecule has 77 heavy (non-hydrogen) atoms. The van der Waals surface area contributed by atoms with Gasteiger partial charge < -0.3 is 0 Å². The Labute approximate surface area is 419 Å². The molecule has 0 aliphatic carbocycles. The van der Waals surface area contributed by atoms with E-state index < -0.39 is 195 Å². The molecular formula is C50H34BF24NO. The van der Waals surface area contributed by atoms with Crippen molar-refractivity contribution in [2.75, 3.05) is 0 Å². The SMILES string of the molecule is CCCCCC(=O)c1cc[n+](Cc2ccccc2)cc1.FC(F)(F)c1cc([B-](c2cc(C(F)(F)F)cc(C(F)(F)F)c2)(c2cc(C(F)(F)F)cc(C(F)(F)F)c2)c2cc(C(F)(F)F)cc(C(F)(F)F)c2)cc(C(F)(F)F)c1. The summed E-state index contributed by atoms with van der Waals surface area (Å²) in [5.74, 6) is 0.255. The maximum Gasteiger partial charge on any atom is 0.416 e. The summed E-state index contributed by atoms with van der Waals surface area (Å²) in [7, 11) is 0. The molecule has 1 aromatic heterocycles. The molecule has 27 heteroatoms. The highest BCUT2D eigenvalue weighted by molar-refractivity contribution is 7.20. The number of unbranched alkanes of at least 4 members (excludes halogenated alkanes) is 2. The largest absolute Gasteiger partial charge is 0.416 e. The minimum absolute atomic E-state index is 0.255. The monoisotopic (exact) mass is 1130 g/mol. The van der Waals surface area contributed by atoms with Crippen LogP contribution in [-0.4, -0.2) is 11.9 Å². The Morgan fingerprint density at radius 3 is 0.870 bits per heavy atom. The number of benzene rings is 5. The smallest absolute Gasteiger partial charge is 0.294 e. The van der Waals surface area contributed by atoms with Gasteiger partial charge in [0.15, 0.2) is 24.7 Å². The molecule has 0 aliphatic heterocycles. The fraction of sp³-hybridized carbons (Fsp3) is 0.280. The van der Waals surface area contributed by atoms with E-state index in [2.05, 4.69) is 23.6 Å². The number of pyridine rings is 1. The van der Waals surface area contributed by atoms with Crippen LogP contribution in [0, 0.1) is 0 Å². The van der Waals surface area contributed by atoms with Crippen molar-refractivity contribution in [2.45, 2.75) is 88.6 Å². The fourth-order valence-electron chi connectivity index (χ4n) is 8.29. The Bertz CT molecular complexity index is 2580. The molecule has 0 aliphatic rings. The number of aromatic nitrogens is 1. The molecule has 5 aromatic carbocycles. The molecule has 0 spiro atoms. The first-order valence-corrected chi connectivity index (χ1v) is 22.0. The minimum Gasteiger partial charge on any atom is -0.294 e. The van der Waals surface area contributed by atoms with E-state index in [1.54, 1.807) is 0 Å². The predicted molar refractivity (Wildman–Crippen MR) is 231 cm³/mol. The van der Waals surface area contributed by atoms with Crippen LogP contribution >= 0.6 is 0 Å². The number of hydrogen-bond donors (Lipinski definition) is 0. The molecule has 1 heterocycles. The second-order valence-electron chi connectivity index (χ2n) is 17.3. The second kappa shape index (κ2) is 22.0. The van der Waals surface area contributed by atoms with Crippen LogP contribution in [0.15, 0.2) is 128 Å². The van der Waals surface area contributed by atoms with Gasteiger partial charge in [-0.3, -0.25) is 4.79 Å². The van der Waals surface area contributed by atoms with Gasteiger partial charge in [0.2, 0.25) is 0 Å². The van der Waals surface area contributed by atoms with Crippen molar-refractivity contribution < 1.29 is 115 Å². The van der Waals surface area contributed by atoms with Gasteiger partial charge in [-0.2, -0.15) is 127 Å². The molecule has 0 atom stereocenters. The number of nitrogens with zero attached hydrogens (tertiary/aromatic N) is 1. The first kappa shape index (κ1) is 61.2. The maximum atomic E-state index is 14.2. The van der Waals surface area contributed by atoms with Gasteiger partial charge >= 0.3 is 49.4 Å². The van der Waals surface area contributed by atoms with Crippen molar-refractivity contribution in [3.05, 3.63) is 183 Å². The molecule has 0 saturated carbocycles. The first-order valence-electron chi connectivity index (χ1n) is 22.0. The average Bonchev–Trinajstić information content (AvgIpc) is 3.30. The Hall–Kier alpha value is -6.70.